The van der Waals surface area contributed by atoms with Crippen molar-refractivity contribution in [3.05, 3.63) is 57.8 Å². The molecule has 2 aromatic rings. The minimum absolute atomic E-state index is 0.0351. The van der Waals surface area contributed by atoms with Crippen molar-refractivity contribution < 1.29 is 18.6 Å². The second kappa shape index (κ2) is 6.70. The van der Waals surface area contributed by atoms with Crippen molar-refractivity contribution >= 4 is 15.9 Å². The molecular weight excluding hydrogens is 377 g/mol. The van der Waals surface area contributed by atoms with Gasteiger partial charge >= 0.3 is 0 Å². The van der Waals surface area contributed by atoms with E-state index in [9.17, 15) is 4.39 Å². The second-order valence-corrected chi connectivity index (χ2v) is 6.80. The summed E-state index contributed by atoms with van der Waals surface area (Å²) in [4.78, 5) is 2.33. The molecule has 0 N–H and O–H groups in total. The first kappa shape index (κ1) is 15.9. The van der Waals surface area contributed by atoms with Gasteiger partial charge in [-0.05, 0) is 35.4 Å². The molecule has 2 aromatic carbocycles. The number of morpholine rings is 1. The number of fused-ring (bicyclic) bond motifs is 1. The lowest BCUT2D eigenvalue weighted by atomic mass is 10.1. The molecule has 0 spiro atoms. The third kappa shape index (κ3) is 3.27. The first-order valence-electron chi connectivity index (χ1n) is 7.86. The molecule has 0 saturated carbocycles. The van der Waals surface area contributed by atoms with E-state index >= 15 is 0 Å². The van der Waals surface area contributed by atoms with Gasteiger partial charge in [-0.3, -0.25) is 4.90 Å². The molecule has 2 heterocycles. The van der Waals surface area contributed by atoms with Crippen LogP contribution in [-0.2, 0) is 11.3 Å². The molecule has 1 unspecified atom stereocenters. The number of nitrogens with zero attached hydrogens (tertiary/aromatic N) is 1. The zero-order valence-electron chi connectivity index (χ0n) is 13.0. The number of ether oxygens (including phenoxy) is 3. The van der Waals surface area contributed by atoms with Crippen LogP contribution in [0.25, 0.3) is 0 Å². The molecule has 2 aliphatic rings. The molecule has 0 bridgehead atoms. The van der Waals surface area contributed by atoms with Crippen LogP contribution in [0.15, 0.2) is 40.9 Å². The van der Waals surface area contributed by atoms with Gasteiger partial charge in [0.25, 0.3) is 0 Å². The highest BCUT2D eigenvalue weighted by atomic mass is 79.9. The van der Waals surface area contributed by atoms with Crippen molar-refractivity contribution in [3.63, 3.8) is 0 Å². The Morgan fingerprint density at radius 2 is 1.88 bits per heavy atom. The quantitative estimate of drug-likeness (QED) is 0.791. The Morgan fingerprint density at radius 1 is 1.12 bits per heavy atom. The van der Waals surface area contributed by atoms with E-state index < -0.39 is 0 Å². The fraction of sp³-hybridized carbons (Fsp3) is 0.333. The van der Waals surface area contributed by atoms with Crippen LogP contribution in [0.5, 0.6) is 11.5 Å². The average Bonchev–Trinajstić information content (AvgIpc) is 3.03. The molecule has 6 heteroatoms. The highest BCUT2D eigenvalue weighted by molar-refractivity contribution is 9.10. The summed E-state index contributed by atoms with van der Waals surface area (Å²) in [7, 11) is 0. The van der Waals surface area contributed by atoms with Gasteiger partial charge in [0, 0.05) is 24.1 Å². The molecule has 4 rings (SSSR count). The van der Waals surface area contributed by atoms with Crippen LogP contribution in [0.2, 0.25) is 0 Å². The second-order valence-electron chi connectivity index (χ2n) is 5.94. The Labute approximate surface area is 148 Å². The first-order chi connectivity index (χ1) is 11.7. The highest BCUT2D eigenvalue weighted by Crippen LogP contribution is 2.37. The maximum Gasteiger partial charge on any atom is 0.231 e. The van der Waals surface area contributed by atoms with E-state index in [1.54, 1.807) is 12.1 Å². The molecule has 0 radical (unpaired) electrons. The van der Waals surface area contributed by atoms with Crippen molar-refractivity contribution in [2.45, 2.75) is 12.6 Å². The smallest absolute Gasteiger partial charge is 0.231 e. The highest BCUT2D eigenvalue weighted by Gasteiger charge is 2.24. The van der Waals surface area contributed by atoms with Crippen molar-refractivity contribution in [2.75, 3.05) is 26.5 Å². The first-order valence-corrected chi connectivity index (χ1v) is 8.66. The van der Waals surface area contributed by atoms with Gasteiger partial charge in [0.15, 0.2) is 11.5 Å². The zero-order chi connectivity index (χ0) is 16.5. The monoisotopic (exact) mass is 393 g/mol. The van der Waals surface area contributed by atoms with E-state index in [-0.39, 0.29) is 18.7 Å². The topological polar surface area (TPSA) is 30.9 Å². The summed E-state index contributed by atoms with van der Waals surface area (Å²) >= 11 is 3.61. The zero-order valence-corrected chi connectivity index (χ0v) is 14.6. The minimum Gasteiger partial charge on any atom is -0.454 e. The van der Waals surface area contributed by atoms with Crippen molar-refractivity contribution in [3.8, 4) is 11.5 Å². The predicted molar refractivity (Wildman–Crippen MR) is 90.6 cm³/mol. The van der Waals surface area contributed by atoms with E-state index in [1.807, 2.05) is 12.1 Å². The third-order valence-corrected chi connectivity index (χ3v) is 5.07. The standard InChI is InChI=1S/C18H17BrFNO3/c19-15-8-17-16(23-11-24-17)7-13(15)9-21-5-6-22-18(10-21)12-1-3-14(20)4-2-12/h1-4,7-8,18H,5-6,9-11H2. The molecule has 4 nitrogen and oxygen atoms in total. The largest absolute Gasteiger partial charge is 0.454 e. The van der Waals surface area contributed by atoms with Gasteiger partial charge in [-0.25, -0.2) is 4.39 Å². The summed E-state index contributed by atoms with van der Waals surface area (Å²) in [6.07, 6.45) is -0.0351. The van der Waals surface area contributed by atoms with Gasteiger partial charge in [-0.1, -0.05) is 28.1 Å². The number of benzene rings is 2. The van der Waals surface area contributed by atoms with Gasteiger partial charge < -0.3 is 14.2 Å². The molecule has 2 aliphatic heterocycles. The van der Waals surface area contributed by atoms with Gasteiger partial charge in [0.1, 0.15) is 5.82 Å². The molecular formula is C18H17BrFNO3. The van der Waals surface area contributed by atoms with E-state index in [1.165, 1.54) is 12.1 Å². The van der Waals surface area contributed by atoms with Crippen LogP contribution in [0.4, 0.5) is 4.39 Å². The summed E-state index contributed by atoms with van der Waals surface area (Å²) < 4.78 is 30.8. The van der Waals surface area contributed by atoms with Crippen LogP contribution in [0, 0.1) is 5.82 Å². The van der Waals surface area contributed by atoms with Crippen LogP contribution in [-0.4, -0.2) is 31.4 Å². The van der Waals surface area contributed by atoms with E-state index in [0.717, 1.165) is 46.7 Å². The van der Waals surface area contributed by atoms with Crippen LogP contribution >= 0.6 is 15.9 Å². The number of hydrogen-bond acceptors (Lipinski definition) is 4. The van der Waals surface area contributed by atoms with Crippen LogP contribution in [0.3, 0.4) is 0 Å². The summed E-state index contributed by atoms with van der Waals surface area (Å²) in [5.41, 5.74) is 2.16. The summed E-state index contributed by atoms with van der Waals surface area (Å²) in [5, 5.41) is 0. The van der Waals surface area contributed by atoms with E-state index in [4.69, 9.17) is 14.2 Å². The molecule has 1 fully saturated rings. The number of halogens is 2. The number of hydrogen-bond donors (Lipinski definition) is 0. The van der Waals surface area contributed by atoms with Crippen molar-refractivity contribution in [2.24, 2.45) is 0 Å². The third-order valence-electron chi connectivity index (χ3n) is 4.33. The fourth-order valence-corrected chi connectivity index (χ4v) is 3.49. The lowest BCUT2D eigenvalue weighted by molar-refractivity contribution is -0.0330. The minimum atomic E-state index is -0.226. The van der Waals surface area contributed by atoms with Crippen molar-refractivity contribution in [1.29, 1.82) is 0 Å². The van der Waals surface area contributed by atoms with Gasteiger partial charge in [0.2, 0.25) is 6.79 Å². The van der Waals surface area contributed by atoms with E-state index in [2.05, 4.69) is 20.8 Å². The van der Waals surface area contributed by atoms with Gasteiger partial charge in [-0.15, -0.1) is 0 Å². The normalized spacial score (nSPS) is 20.3. The Morgan fingerprint density at radius 3 is 2.67 bits per heavy atom. The van der Waals surface area contributed by atoms with Crippen LogP contribution < -0.4 is 9.47 Å². The van der Waals surface area contributed by atoms with Crippen LogP contribution in [0.1, 0.15) is 17.2 Å². The molecule has 0 aromatic heterocycles. The predicted octanol–water partition coefficient (Wildman–Crippen LogP) is 3.89. The maximum absolute atomic E-state index is 13.1. The summed E-state index contributed by atoms with van der Waals surface area (Å²) in [5.74, 6) is 1.34. The van der Waals surface area contributed by atoms with E-state index in [0.29, 0.717) is 6.61 Å². The molecule has 0 aliphatic carbocycles. The lowest BCUT2D eigenvalue weighted by Crippen LogP contribution is -2.37. The Kier molecular flexibility index (Phi) is 4.43. The average molecular weight is 394 g/mol. The number of rotatable bonds is 3. The molecule has 1 saturated heterocycles. The summed E-state index contributed by atoms with van der Waals surface area (Å²) in [6.45, 7) is 3.35. The Bertz CT molecular complexity index is 738. The maximum atomic E-state index is 13.1. The molecule has 0 amide bonds. The molecule has 126 valence electrons. The Balaban J connectivity index is 1.48. The van der Waals surface area contributed by atoms with Gasteiger partial charge in [0.05, 0.1) is 12.7 Å². The molecule has 24 heavy (non-hydrogen) atoms. The van der Waals surface area contributed by atoms with Gasteiger partial charge in [-0.2, -0.15) is 0 Å². The fourth-order valence-electron chi connectivity index (χ4n) is 3.05. The molecule has 1 atom stereocenters. The lowest BCUT2D eigenvalue weighted by Gasteiger charge is -2.33. The Hall–Kier alpha value is -1.63. The SMILES string of the molecule is Fc1ccc(C2CN(Cc3cc4c(cc3Br)OCO4)CCO2)cc1. The van der Waals surface area contributed by atoms with Crippen molar-refractivity contribution in [1.82, 2.24) is 4.90 Å². The summed E-state index contributed by atoms with van der Waals surface area (Å²) in [6, 6.07) is 10.5.